The van der Waals surface area contributed by atoms with Crippen LogP contribution in [0.5, 0.6) is 0 Å². The summed E-state index contributed by atoms with van der Waals surface area (Å²) < 4.78 is 11.1. The number of hydrogen-bond donors (Lipinski definition) is 0. The summed E-state index contributed by atoms with van der Waals surface area (Å²) in [6.45, 7) is 2.11. The lowest BCUT2D eigenvalue weighted by atomic mass is 10.1. The van der Waals surface area contributed by atoms with Crippen LogP contribution in [0.25, 0.3) is 22.1 Å². The van der Waals surface area contributed by atoms with Crippen LogP contribution in [0.2, 0.25) is 0 Å². The van der Waals surface area contributed by atoms with E-state index in [1.807, 2.05) is 36.4 Å². The van der Waals surface area contributed by atoms with Crippen LogP contribution in [-0.2, 0) is 17.6 Å². The number of aryl methyl sites for hydroxylation is 1. The summed E-state index contributed by atoms with van der Waals surface area (Å²) in [5.74, 6) is 0. The molecule has 0 saturated heterocycles. The molecule has 4 rings (SSSR count). The van der Waals surface area contributed by atoms with Gasteiger partial charge in [0.05, 0.1) is 6.26 Å². The minimum Gasteiger partial charge on any atom is -0.464 e. The molecule has 0 unspecified atom stereocenters. The van der Waals surface area contributed by atoms with Crippen LogP contribution >= 0.6 is 11.8 Å². The van der Waals surface area contributed by atoms with Crippen molar-refractivity contribution in [2.75, 3.05) is 0 Å². The van der Waals surface area contributed by atoms with Crippen molar-refractivity contribution in [1.29, 1.82) is 0 Å². The van der Waals surface area contributed by atoms with Crippen LogP contribution in [0.4, 0.5) is 0 Å². The highest BCUT2D eigenvalue weighted by Gasteiger charge is 2.15. The molecule has 4 aromatic rings. The molecule has 0 fully saturated rings. The number of aromatic nitrogens is 1. The predicted octanol–water partition coefficient (Wildman–Crippen LogP) is 5.00. The van der Waals surface area contributed by atoms with Crippen LogP contribution in [-0.4, -0.2) is 10.1 Å². The van der Waals surface area contributed by atoms with Crippen molar-refractivity contribution in [3.8, 4) is 0 Å². The van der Waals surface area contributed by atoms with Gasteiger partial charge in [-0.2, -0.15) is 0 Å². The molecule has 24 heavy (non-hydrogen) atoms. The number of carbonyl (C=O) groups is 1. The molecule has 2 aromatic heterocycles. The highest BCUT2D eigenvalue weighted by molar-refractivity contribution is 8.13. The van der Waals surface area contributed by atoms with Gasteiger partial charge in [0, 0.05) is 29.1 Å². The van der Waals surface area contributed by atoms with Gasteiger partial charge < -0.3 is 8.83 Å². The summed E-state index contributed by atoms with van der Waals surface area (Å²) in [5.41, 5.74) is 4.38. The van der Waals surface area contributed by atoms with Crippen molar-refractivity contribution in [1.82, 2.24) is 4.98 Å². The maximum absolute atomic E-state index is 12.4. The predicted molar refractivity (Wildman–Crippen MR) is 94.2 cm³/mol. The average Bonchev–Trinajstić information content (AvgIpc) is 3.17. The number of thioether (sulfide) groups is 1. The SMILES string of the molecule is CCc1ccc2occ(CC(=O)Sc3nc4ccccc4o3)c2c1. The highest BCUT2D eigenvalue weighted by Crippen LogP contribution is 2.28. The second-order valence-electron chi connectivity index (χ2n) is 5.54. The Balaban J connectivity index is 1.55. The van der Waals surface area contributed by atoms with E-state index in [0.29, 0.717) is 10.8 Å². The van der Waals surface area contributed by atoms with E-state index in [1.54, 1.807) is 6.26 Å². The molecule has 2 aromatic carbocycles. The largest absolute Gasteiger partial charge is 0.464 e. The van der Waals surface area contributed by atoms with E-state index in [0.717, 1.165) is 40.2 Å². The molecule has 0 spiro atoms. The second kappa shape index (κ2) is 6.17. The van der Waals surface area contributed by atoms with Gasteiger partial charge in [-0.25, -0.2) is 4.98 Å². The monoisotopic (exact) mass is 337 g/mol. The molecule has 0 saturated carbocycles. The van der Waals surface area contributed by atoms with E-state index in [4.69, 9.17) is 8.83 Å². The van der Waals surface area contributed by atoms with Gasteiger partial charge in [-0.15, -0.1) is 0 Å². The highest BCUT2D eigenvalue weighted by atomic mass is 32.2. The third-order valence-electron chi connectivity index (χ3n) is 3.94. The fourth-order valence-corrected chi connectivity index (χ4v) is 3.37. The number of carbonyl (C=O) groups excluding carboxylic acids is 1. The van der Waals surface area contributed by atoms with Gasteiger partial charge in [0.15, 0.2) is 5.58 Å². The first-order valence-electron chi connectivity index (χ1n) is 7.78. The summed E-state index contributed by atoms with van der Waals surface area (Å²) >= 11 is 1.03. The van der Waals surface area contributed by atoms with Crippen LogP contribution in [0.15, 0.2) is 62.8 Å². The first-order valence-corrected chi connectivity index (χ1v) is 8.60. The zero-order chi connectivity index (χ0) is 16.5. The Morgan fingerprint density at radius 2 is 2.04 bits per heavy atom. The number of rotatable bonds is 4. The lowest BCUT2D eigenvalue weighted by Crippen LogP contribution is -1.96. The number of furan rings is 1. The minimum absolute atomic E-state index is 0.0221. The Hall–Kier alpha value is -2.53. The summed E-state index contributed by atoms with van der Waals surface area (Å²) in [4.78, 5) is 16.7. The maximum atomic E-state index is 12.4. The molecular formula is C19H15NO3S. The van der Waals surface area contributed by atoms with Gasteiger partial charge in [-0.05, 0) is 36.2 Å². The number of oxazole rings is 1. The smallest absolute Gasteiger partial charge is 0.264 e. The van der Waals surface area contributed by atoms with Gasteiger partial charge in [-0.1, -0.05) is 25.1 Å². The minimum atomic E-state index is -0.0221. The second-order valence-corrected chi connectivity index (χ2v) is 6.55. The number of benzene rings is 2. The lowest BCUT2D eigenvalue weighted by Gasteiger charge is -1.99. The van der Waals surface area contributed by atoms with Crippen molar-refractivity contribution >= 4 is 38.9 Å². The van der Waals surface area contributed by atoms with Crippen LogP contribution in [0.1, 0.15) is 18.1 Å². The molecule has 0 aliphatic heterocycles. The van der Waals surface area contributed by atoms with Crippen molar-refractivity contribution < 1.29 is 13.6 Å². The summed E-state index contributed by atoms with van der Waals surface area (Å²) in [6, 6.07) is 13.6. The molecule has 5 heteroatoms. The van der Waals surface area contributed by atoms with Crippen molar-refractivity contribution in [3.63, 3.8) is 0 Å². The molecule has 4 nitrogen and oxygen atoms in total. The van der Waals surface area contributed by atoms with Crippen LogP contribution in [0, 0.1) is 0 Å². The van der Waals surface area contributed by atoms with Crippen molar-refractivity contribution in [2.24, 2.45) is 0 Å². The fraction of sp³-hybridized carbons (Fsp3) is 0.158. The quantitative estimate of drug-likeness (QED) is 0.491. The topological polar surface area (TPSA) is 56.2 Å². The van der Waals surface area contributed by atoms with E-state index in [-0.39, 0.29) is 11.5 Å². The number of para-hydroxylation sites is 2. The molecule has 0 radical (unpaired) electrons. The standard InChI is InChI=1S/C19H15NO3S/c1-2-12-7-8-16-14(9-12)13(11-22-16)10-18(21)24-19-20-15-5-3-4-6-17(15)23-19/h3-9,11H,2,10H2,1H3. The molecule has 0 atom stereocenters. The summed E-state index contributed by atoms with van der Waals surface area (Å²) in [5, 5.41) is 1.36. The third kappa shape index (κ3) is 2.83. The Morgan fingerprint density at radius 1 is 1.17 bits per heavy atom. The Bertz CT molecular complexity index is 998. The summed E-state index contributed by atoms with van der Waals surface area (Å²) in [6.07, 6.45) is 2.89. The molecule has 0 aliphatic rings. The average molecular weight is 337 g/mol. The number of fused-ring (bicyclic) bond motifs is 2. The van der Waals surface area contributed by atoms with E-state index in [2.05, 4.69) is 18.0 Å². The van der Waals surface area contributed by atoms with Gasteiger partial charge in [0.2, 0.25) is 5.12 Å². The van der Waals surface area contributed by atoms with Crippen LogP contribution < -0.4 is 0 Å². The van der Waals surface area contributed by atoms with E-state index >= 15 is 0 Å². The van der Waals surface area contributed by atoms with E-state index < -0.39 is 0 Å². The first kappa shape index (κ1) is 15.0. The van der Waals surface area contributed by atoms with Gasteiger partial charge in [0.1, 0.15) is 11.1 Å². The summed E-state index contributed by atoms with van der Waals surface area (Å²) in [7, 11) is 0. The molecule has 0 N–H and O–H groups in total. The van der Waals surface area contributed by atoms with Gasteiger partial charge in [-0.3, -0.25) is 4.79 Å². The Morgan fingerprint density at radius 3 is 2.88 bits per heavy atom. The van der Waals surface area contributed by atoms with E-state index in [1.165, 1.54) is 5.56 Å². The Labute approximate surface area is 142 Å². The third-order valence-corrected chi connectivity index (χ3v) is 4.66. The number of nitrogens with zero attached hydrogens (tertiary/aromatic N) is 1. The molecule has 120 valence electrons. The molecular weight excluding hydrogens is 322 g/mol. The number of hydrogen-bond acceptors (Lipinski definition) is 5. The van der Waals surface area contributed by atoms with Gasteiger partial charge in [0.25, 0.3) is 5.22 Å². The van der Waals surface area contributed by atoms with Crippen LogP contribution in [0.3, 0.4) is 0 Å². The zero-order valence-corrected chi connectivity index (χ0v) is 13.9. The van der Waals surface area contributed by atoms with E-state index in [9.17, 15) is 4.79 Å². The molecule has 0 amide bonds. The zero-order valence-electron chi connectivity index (χ0n) is 13.1. The molecule has 0 aliphatic carbocycles. The molecule has 2 heterocycles. The van der Waals surface area contributed by atoms with Crippen molar-refractivity contribution in [2.45, 2.75) is 25.0 Å². The van der Waals surface area contributed by atoms with Gasteiger partial charge >= 0.3 is 0 Å². The van der Waals surface area contributed by atoms with Crippen molar-refractivity contribution in [3.05, 3.63) is 59.9 Å². The lowest BCUT2D eigenvalue weighted by molar-refractivity contribution is -0.110. The normalized spacial score (nSPS) is 11.4. The fourth-order valence-electron chi connectivity index (χ4n) is 2.67. The first-order chi connectivity index (χ1) is 11.7. The maximum Gasteiger partial charge on any atom is 0.264 e. The molecule has 0 bridgehead atoms. The Kier molecular flexibility index (Phi) is 3.86.